The molecule has 3 heterocycles. The predicted octanol–water partition coefficient (Wildman–Crippen LogP) is 11.1. The first-order chi connectivity index (χ1) is 26.9. The summed E-state index contributed by atoms with van der Waals surface area (Å²) >= 11 is 0. The lowest BCUT2D eigenvalue weighted by atomic mass is 9.99. The first kappa shape index (κ1) is 23.5. The SMILES string of the molecule is [2H]c1c([2H])c([2H])c(-n2c3ccccc3c3c4c5ccccc5n(-c5nc(-c6ccccc6)nc(-c6ccccc6-c6ccccc6)n5)c4ccc32)c([2H])c1[2H]. The summed E-state index contributed by atoms with van der Waals surface area (Å²) in [5.41, 5.74) is 7.07. The second-order valence-corrected chi connectivity index (χ2v) is 12.1. The van der Waals surface area contributed by atoms with Gasteiger partial charge in [-0.15, -0.1) is 0 Å². The van der Waals surface area contributed by atoms with Gasteiger partial charge < -0.3 is 4.57 Å². The fourth-order valence-electron chi connectivity index (χ4n) is 7.18. The third-order valence-corrected chi connectivity index (χ3v) is 9.29. The minimum absolute atomic E-state index is 0.104. The van der Waals surface area contributed by atoms with Crippen molar-refractivity contribution in [1.82, 2.24) is 24.1 Å². The molecule has 7 aromatic carbocycles. The zero-order chi connectivity index (χ0) is 37.4. The third kappa shape index (κ3) is 4.37. The zero-order valence-corrected chi connectivity index (χ0v) is 26.6. The van der Waals surface area contributed by atoms with E-state index in [4.69, 9.17) is 21.8 Å². The molecular formula is C45H29N5. The Labute approximate surface area is 295 Å². The van der Waals surface area contributed by atoms with Crippen LogP contribution in [0.5, 0.6) is 0 Å². The summed E-state index contributed by atoms with van der Waals surface area (Å²) in [5.74, 6) is 1.52. The maximum absolute atomic E-state index is 8.90. The average Bonchev–Trinajstić information content (AvgIpc) is 3.75. The molecule has 0 unspecified atom stereocenters. The molecule has 0 atom stereocenters. The molecule has 10 aromatic rings. The number of nitrogens with zero attached hydrogens (tertiary/aromatic N) is 5. The molecule has 0 spiro atoms. The second-order valence-electron chi connectivity index (χ2n) is 12.1. The van der Waals surface area contributed by atoms with Gasteiger partial charge in [-0.05, 0) is 47.5 Å². The standard InChI is InChI=1S/C45H29N5/c1-4-16-30(17-5-1)33-22-10-11-23-34(33)44-46-43(31-18-6-2-7-19-31)47-45(48-44)50-38-27-15-13-25-36(38)42-40(50)29-28-39-41(42)35-24-12-14-26-37(35)49(39)32-20-8-3-9-21-32/h1-29H/i3D,8D,9D,20D,21D. The van der Waals surface area contributed by atoms with E-state index in [1.165, 1.54) is 0 Å². The van der Waals surface area contributed by atoms with E-state index in [2.05, 4.69) is 34.9 Å². The summed E-state index contributed by atoms with van der Waals surface area (Å²) in [5, 5.41) is 3.67. The van der Waals surface area contributed by atoms with Crippen molar-refractivity contribution in [2.75, 3.05) is 0 Å². The molecule has 0 amide bonds. The van der Waals surface area contributed by atoms with E-state index in [0.29, 0.717) is 23.1 Å². The van der Waals surface area contributed by atoms with Crippen LogP contribution >= 0.6 is 0 Å². The molecule has 0 fully saturated rings. The van der Waals surface area contributed by atoms with Crippen molar-refractivity contribution in [3.05, 3.63) is 176 Å². The van der Waals surface area contributed by atoms with Gasteiger partial charge in [0.2, 0.25) is 5.95 Å². The van der Waals surface area contributed by atoms with Gasteiger partial charge in [0.25, 0.3) is 0 Å². The highest BCUT2D eigenvalue weighted by atomic mass is 15.2. The van der Waals surface area contributed by atoms with Gasteiger partial charge in [0.1, 0.15) is 0 Å². The Kier molecular flexibility index (Phi) is 5.35. The Morgan fingerprint density at radius 3 is 1.60 bits per heavy atom. The van der Waals surface area contributed by atoms with Gasteiger partial charge in [0.15, 0.2) is 11.6 Å². The van der Waals surface area contributed by atoms with Crippen molar-refractivity contribution >= 4 is 43.6 Å². The lowest BCUT2D eigenvalue weighted by Crippen LogP contribution is -2.06. The lowest BCUT2D eigenvalue weighted by Gasteiger charge is -2.13. The van der Waals surface area contributed by atoms with E-state index >= 15 is 0 Å². The highest BCUT2D eigenvalue weighted by Gasteiger charge is 2.23. The normalized spacial score (nSPS) is 13.0. The molecule has 0 saturated carbocycles. The van der Waals surface area contributed by atoms with E-state index in [0.717, 1.165) is 60.3 Å². The molecule has 0 aliphatic rings. The van der Waals surface area contributed by atoms with Crippen molar-refractivity contribution in [1.29, 1.82) is 0 Å². The molecule has 5 nitrogen and oxygen atoms in total. The first-order valence-electron chi connectivity index (χ1n) is 18.9. The van der Waals surface area contributed by atoms with Crippen LogP contribution in [0.2, 0.25) is 0 Å². The monoisotopic (exact) mass is 644 g/mol. The van der Waals surface area contributed by atoms with Crippen LogP contribution < -0.4 is 0 Å². The summed E-state index contributed by atoms with van der Waals surface area (Å²) in [6, 6.07) is 46.4. The zero-order valence-electron chi connectivity index (χ0n) is 31.6. The van der Waals surface area contributed by atoms with Crippen LogP contribution in [0.25, 0.3) is 89.2 Å². The predicted molar refractivity (Wildman–Crippen MR) is 205 cm³/mol. The quantitative estimate of drug-likeness (QED) is 0.187. The van der Waals surface area contributed by atoms with Crippen LogP contribution in [0.3, 0.4) is 0 Å². The Morgan fingerprint density at radius 2 is 0.920 bits per heavy atom. The number of para-hydroxylation sites is 3. The van der Waals surface area contributed by atoms with E-state index < -0.39 is 6.04 Å². The van der Waals surface area contributed by atoms with Crippen LogP contribution in [0.4, 0.5) is 0 Å². The fraction of sp³-hybridized carbons (Fsp3) is 0. The van der Waals surface area contributed by atoms with Crippen molar-refractivity contribution in [2.45, 2.75) is 0 Å². The van der Waals surface area contributed by atoms with Crippen molar-refractivity contribution in [3.8, 4) is 45.5 Å². The topological polar surface area (TPSA) is 48.5 Å². The fourth-order valence-corrected chi connectivity index (χ4v) is 7.18. The molecule has 0 bridgehead atoms. The van der Waals surface area contributed by atoms with Gasteiger partial charge in [-0.3, -0.25) is 4.57 Å². The molecule has 50 heavy (non-hydrogen) atoms. The molecule has 0 aliphatic heterocycles. The van der Waals surface area contributed by atoms with E-state index in [1.807, 2.05) is 115 Å². The van der Waals surface area contributed by atoms with Gasteiger partial charge in [0, 0.05) is 38.4 Å². The number of fused-ring (bicyclic) bond motifs is 7. The number of hydrogen-bond acceptors (Lipinski definition) is 3. The van der Waals surface area contributed by atoms with E-state index in [1.54, 1.807) is 4.57 Å². The van der Waals surface area contributed by atoms with E-state index in [-0.39, 0.29) is 29.9 Å². The first-order valence-corrected chi connectivity index (χ1v) is 16.4. The van der Waals surface area contributed by atoms with Gasteiger partial charge in [-0.1, -0.05) is 139 Å². The maximum Gasteiger partial charge on any atom is 0.238 e. The van der Waals surface area contributed by atoms with Crippen molar-refractivity contribution in [3.63, 3.8) is 0 Å². The minimum atomic E-state index is -0.428. The average molecular weight is 645 g/mol. The van der Waals surface area contributed by atoms with Crippen LogP contribution in [0.1, 0.15) is 6.85 Å². The van der Waals surface area contributed by atoms with Crippen LogP contribution in [0.15, 0.2) is 176 Å². The molecule has 0 radical (unpaired) electrons. The number of rotatable bonds is 5. The molecule has 0 saturated heterocycles. The molecule has 3 aromatic heterocycles. The summed E-state index contributed by atoms with van der Waals surface area (Å²) < 4.78 is 46.9. The molecule has 234 valence electrons. The molecule has 0 N–H and O–H groups in total. The highest BCUT2D eigenvalue weighted by Crippen LogP contribution is 2.42. The maximum atomic E-state index is 8.90. The van der Waals surface area contributed by atoms with Gasteiger partial charge in [0.05, 0.1) is 28.9 Å². The lowest BCUT2D eigenvalue weighted by molar-refractivity contribution is 0.954. The Balaban J connectivity index is 1.31. The molecule has 10 rings (SSSR count). The van der Waals surface area contributed by atoms with Crippen molar-refractivity contribution < 1.29 is 6.85 Å². The van der Waals surface area contributed by atoms with Crippen LogP contribution in [-0.2, 0) is 0 Å². The summed E-state index contributed by atoms with van der Waals surface area (Å²) in [4.78, 5) is 15.5. The van der Waals surface area contributed by atoms with Crippen molar-refractivity contribution in [2.24, 2.45) is 0 Å². The van der Waals surface area contributed by atoms with Crippen LogP contribution in [-0.4, -0.2) is 24.1 Å². The Bertz CT molecular complexity index is 3130. The van der Waals surface area contributed by atoms with Crippen LogP contribution in [0, 0.1) is 0 Å². The molecule has 0 aliphatic carbocycles. The Morgan fingerprint density at radius 1 is 0.400 bits per heavy atom. The van der Waals surface area contributed by atoms with Gasteiger partial charge in [-0.25, -0.2) is 4.98 Å². The Hall–Kier alpha value is -6.85. The third-order valence-electron chi connectivity index (χ3n) is 9.29. The largest absolute Gasteiger partial charge is 0.309 e. The summed E-state index contributed by atoms with van der Waals surface area (Å²) in [6.45, 7) is 0. The van der Waals surface area contributed by atoms with Gasteiger partial charge in [-0.2, -0.15) is 9.97 Å². The summed E-state index contributed by atoms with van der Waals surface area (Å²) in [7, 11) is 0. The van der Waals surface area contributed by atoms with Gasteiger partial charge >= 0.3 is 0 Å². The molecule has 5 heteroatoms. The second kappa shape index (κ2) is 11.4. The summed E-state index contributed by atoms with van der Waals surface area (Å²) in [6.07, 6.45) is 0. The number of hydrogen-bond donors (Lipinski definition) is 0. The van der Waals surface area contributed by atoms with E-state index in [9.17, 15) is 0 Å². The smallest absolute Gasteiger partial charge is 0.238 e. The highest BCUT2D eigenvalue weighted by molar-refractivity contribution is 6.28. The number of benzene rings is 7. The molecular weight excluding hydrogens is 611 g/mol. The minimum Gasteiger partial charge on any atom is -0.309 e. The number of aromatic nitrogens is 5.